The molecule has 13 rings (SSSR count). The summed E-state index contributed by atoms with van der Waals surface area (Å²) in [7, 11) is -8.17. The van der Waals surface area contributed by atoms with Gasteiger partial charge in [0.2, 0.25) is 33.9 Å². The SMILES string of the molecule is C=C[C@@H]1C[C@]1(NC(=O)[C@@H]1C[C@@H](Oc2cc(-c3nnc(NC(C)C)s3)nc3cc(OC)ccc23)CN1C(=O)[C@@H](NC(=O)OC(C)(C)C)C(C)(C)C)C(=O)NS(=O)(=O)OC1(C)CC1.C=C[C@@H]1C[C@]1(NC(=O)[C@@H]1C[C@H](OS(=O)(=O)c2ccc(Br)cc2)CN1C(=O)[C@@H](NC(=O)OC(C)(C)C)C(C)(C)C)C(=O)OC.CC1(OS(N)(=O)=O)CC1.COc1ccc2c(=O)cc(-c3nnc(NC(C)C)s3)[nH]c2c1. The Morgan fingerprint density at radius 1 is 0.607 bits per heavy atom. The van der Waals surface area contributed by atoms with Crippen molar-refractivity contribution in [2.75, 3.05) is 45.1 Å². The summed E-state index contributed by atoms with van der Waals surface area (Å²) in [6.45, 7) is 39.1. The molecule has 3 aromatic carbocycles. The van der Waals surface area contributed by atoms with Gasteiger partial charge in [-0.15, -0.1) is 33.6 Å². The number of aromatic nitrogens is 6. The second-order valence-electron chi connectivity index (χ2n) is 39.0. The van der Waals surface area contributed by atoms with Crippen LogP contribution in [-0.4, -0.2) is 229 Å². The van der Waals surface area contributed by atoms with Gasteiger partial charge in [0.1, 0.15) is 75.5 Å². The van der Waals surface area contributed by atoms with Gasteiger partial charge in [-0.25, -0.2) is 33.4 Å². The van der Waals surface area contributed by atoms with Crippen LogP contribution in [-0.2, 0) is 86.3 Å². The molecule has 6 aliphatic rings. The molecule has 7 amide bonds. The molecule has 0 unspecified atom stereocenters. The molecule has 4 aliphatic carbocycles. The van der Waals surface area contributed by atoms with Crippen LogP contribution in [0.5, 0.6) is 17.2 Å². The van der Waals surface area contributed by atoms with Crippen molar-refractivity contribution in [3.63, 3.8) is 0 Å². The molecule has 6 fully saturated rings. The molecule has 46 heteroatoms. The number of ether oxygens (including phenoxy) is 6. The molecule has 2 saturated heterocycles. The fraction of sp³-hybridized carbons (Fsp3) is 0.551. The number of benzene rings is 3. The van der Waals surface area contributed by atoms with Crippen LogP contribution in [0.4, 0.5) is 19.9 Å². The maximum atomic E-state index is 14.8. The first-order chi connectivity index (χ1) is 62.5. The standard InChI is InChI=1S/C41H56N8O10S2.C29H40BrN3O9S.C15H16N4O2S.C4H9NO3S/c1-12-23-20-41(23,35(52)48-61(54,55)59-40(10)15-16-40)45-32(50)29-18-25(21-49(29)34(51)31(38(4,5)6)44-37(53)58-39(7,8)9)57-30-19-28(33-46-47-36(60-33)42-22(2)3)43-27-17-24(56-11)13-14-26(27)30;1-9-17-15-29(17,25(36)40-8)32-23(34)21-14-19(42-43(38,39)20-12-10-18(30)11-13-20)16-33(21)24(35)22(27(2,3)4)31-26(37)41-28(5,6)7;1-8(2)16-15-19-18-14(22-15)12-7-13(20)10-5-4-9(21-3)6-11(10)17-12;1-4(2-3-4)8-9(5,6)7/h12-14,17,19,22-23,25,29,31H,1,15-16,18,20-21H2,2-11H3,(H,42,47)(H,44,53)(H,45,50)(H,48,52);9-13,17,19,21-22H,1,14-16H2,2-8H3,(H,31,37)(H,32,34);4-8H,1-3H3,(H,16,19)(H,17,20);2-3H2,1H3,(H2,5,6,7)/t23-,25-,29+,31-,41-;17-,19+,21+,22-,29-;;/m11../s1. The molecule has 0 bridgehead atoms. The minimum absolute atomic E-state index is 0.0480. The number of halogens is 1. The zero-order valence-electron chi connectivity index (χ0n) is 79.3. The lowest BCUT2D eigenvalue weighted by atomic mass is 9.85. The number of pyridine rings is 2. The van der Waals surface area contributed by atoms with Crippen LogP contribution in [0.25, 0.3) is 43.2 Å². The second kappa shape index (κ2) is 41.4. The number of fused-ring (bicyclic) bond motifs is 2. The molecule has 10 atom stereocenters. The molecule has 4 saturated carbocycles. The van der Waals surface area contributed by atoms with Gasteiger partial charge in [0, 0.05) is 82.8 Å². The summed E-state index contributed by atoms with van der Waals surface area (Å²) in [5.74, 6) is -3.69. The normalized spacial score (nSPS) is 21.4. The second-order valence-corrected chi connectivity index (χ2v) is 45.8. The highest BCUT2D eigenvalue weighted by Crippen LogP contribution is 2.49. The Labute approximate surface area is 801 Å². The van der Waals surface area contributed by atoms with E-state index in [1.807, 2.05) is 32.4 Å². The van der Waals surface area contributed by atoms with E-state index in [0.717, 1.165) is 23.5 Å². The topological polar surface area (TPSA) is 536 Å². The summed E-state index contributed by atoms with van der Waals surface area (Å²) in [4.78, 5) is 132. The summed E-state index contributed by atoms with van der Waals surface area (Å²) in [5, 5.41) is 42.5. The van der Waals surface area contributed by atoms with Crippen molar-refractivity contribution >= 4 is 149 Å². The quantitative estimate of drug-likeness (QED) is 0.00874. The number of hydrogen-bond donors (Lipinski definition) is 9. The Kier molecular flexibility index (Phi) is 32.6. The number of methoxy groups -OCH3 is 3. The molecule has 2 aliphatic heterocycles. The first-order valence-corrected chi connectivity index (χ1v) is 50.1. The molecule has 10 N–H and O–H groups in total. The smallest absolute Gasteiger partial charge is 0.408 e. The molecular weight excluding hydrogens is 1920 g/mol. The Bertz CT molecular complexity index is 6040. The number of H-pyrrole nitrogens is 1. The number of anilines is 2. The van der Waals surface area contributed by atoms with Crippen LogP contribution < -0.4 is 61.4 Å². The molecule has 738 valence electrons. The van der Waals surface area contributed by atoms with Crippen molar-refractivity contribution in [1.82, 2.24) is 66.2 Å². The Morgan fingerprint density at radius 3 is 1.53 bits per heavy atom. The summed E-state index contributed by atoms with van der Waals surface area (Å²) in [6.07, 6.45) is 2.10. The molecule has 6 heterocycles. The van der Waals surface area contributed by atoms with Gasteiger partial charge in [-0.05, 0) is 181 Å². The van der Waals surface area contributed by atoms with Crippen LogP contribution in [0.2, 0.25) is 0 Å². The number of amides is 7. The Morgan fingerprint density at radius 2 is 1.07 bits per heavy atom. The first-order valence-electron chi connectivity index (χ1n) is 43.4. The van der Waals surface area contributed by atoms with E-state index >= 15 is 0 Å². The predicted octanol–water partition coefficient (Wildman–Crippen LogP) is 10.8. The third kappa shape index (κ3) is 28.3. The van der Waals surface area contributed by atoms with Crippen molar-refractivity contribution in [1.29, 1.82) is 0 Å². The molecule has 40 nitrogen and oxygen atoms in total. The highest BCUT2D eigenvalue weighted by molar-refractivity contribution is 9.10. The summed E-state index contributed by atoms with van der Waals surface area (Å²) in [6, 6.07) is 15.3. The molecule has 7 aromatic rings. The van der Waals surface area contributed by atoms with E-state index in [1.54, 1.807) is 172 Å². The maximum Gasteiger partial charge on any atom is 0.408 e. The molecule has 0 spiro atoms. The summed E-state index contributed by atoms with van der Waals surface area (Å²) < 4.78 is 123. The number of hydrogen-bond acceptors (Lipinski definition) is 33. The summed E-state index contributed by atoms with van der Waals surface area (Å²) >= 11 is 5.98. The van der Waals surface area contributed by atoms with Gasteiger partial charge in [-0.2, -0.15) is 25.3 Å². The number of carbonyl (C=O) groups excluding carboxylic acids is 8. The number of rotatable bonds is 30. The van der Waals surface area contributed by atoms with Crippen LogP contribution in [0, 0.1) is 22.7 Å². The van der Waals surface area contributed by atoms with E-state index < -0.39 is 165 Å². The molecule has 135 heavy (non-hydrogen) atoms. The average Bonchev–Trinajstić information content (AvgIpc) is 1.57. The fourth-order valence-electron chi connectivity index (χ4n) is 14.6. The average molecular weight is 2040 g/mol. The number of nitrogens with one attached hydrogen (secondary N) is 8. The number of likely N-dealkylation sites (tertiary alicyclic amines) is 2. The number of esters is 1. The zero-order chi connectivity index (χ0) is 100. The minimum atomic E-state index is -4.52. The van der Waals surface area contributed by atoms with Gasteiger partial charge in [-0.3, -0.25) is 37.1 Å². The van der Waals surface area contributed by atoms with Gasteiger partial charge in [-0.1, -0.05) is 92.3 Å². The maximum absolute atomic E-state index is 14.8. The van der Waals surface area contributed by atoms with E-state index in [2.05, 4.69) is 95.7 Å². The van der Waals surface area contributed by atoms with Crippen molar-refractivity contribution in [3.05, 3.63) is 113 Å². The van der Waals surface area contributed by atoms with E-state index in [1.165, 1.54) is 63.9 Å². The van der Waals surface area contributed by atoms with Crippen LogP contribution >= 0.6 is 38.6 Å². The molecule has 4 aromatic heterocycles. The number of alkyl carbamates (subject to hydrolysis) is 2. The molecule has 0 radical (unpaired) electrons. The zero-order valence-corrected chi connectivity index (χ0v) is 84.9. The third-order valence-corrected chi connectivity index (χ3v) is 27.4. The third-order valence-electron chi connectivity index (χ3n) is 22.0. The van der Waals surface area contributed by atoms with Crippen molar-refractivity contribution in [2.24, 2.45) is 27.8 Å². The number of carbonyl (C=O) groups is 8. The van der Waals surface area contributed by atoms with E-state index in [4.69, 9.17) is 41.8 Å². The largest absolute Gasteiger partial charge is 0.497 e. The van der Waals surface area contributed by atoms with Crippen molar-refractivity contribution < 1.29 is 105 Å². The highest BCUT2D eigenvalue weighted by Gasteiger charge is 2.64. The predicted molar refractivity (Wildman–Crippen MR) is 509 cm³/mol. The van der Waals surface area contributed by atoms with Crippen molar-refractivity contribution in [2.45, 2.75) is 263 Å². The minimum Gasteiger partial charge on any atom is -0.497 e. The van der Waals surface area contributed by atoms with Gasteiger partial charge >= 0.3 is 38.8 Å². The van der Waals surface area contributed by atoms with Gasteiger partial charge < -0.3 is 75.1 Å². The lowest BCUT2D eigenvalue weighted by Gasteiger charge is -2.36. The Balaban J connectivity index is 0.000000218. The monoisotopic (exact) mass is 2040 g/mol. The number of nitrogens with two attached hydrogens (primary N) is 1. The van der Waals surface area contributed by atoms with Crippen LogP contribution in [0.1, 0.15) is 176 Å². The van der Waals surface area contributed by atoms with E-state index in [0.29, 0.717) is 77.4 Å². The summed E-state index contributed by atoms with van der Waals surface area (Å²) in [5.41, 5.74) is -5.51. The van der Waals surface area contributed by atoms with E-state index in [-0.39, 0.29) is 67.1 Å². The fourth-order valence-corrected chi connectivity index (χ4v) is 19.5. The van der Waals surface area contributed by atoms with Gasteiger partial charge in [0.05, 0.1) is 66.8 Å². The lowest BCUT2D eigenvalue weighted by molar-refractivity contribution is -0.148. The van der Waals surface area contributed by atoms with Crippen LogP contribution in [0.3, 0.4) is 0 Å². The van der Waals surface area contributed by atoms with Crippen LogP contribution in [0.15, 0.2) is 112 Å². The van der Waals surface area contributed by atoms with Crippen molar-refractivity contribution in [3.8, 4) is 38.7 Å². The highest BCUT2D eigenvalue weighted by atomic mass is 79.9. The van der Waals surface area contributed by atoms with E-state index in [9.17, 15) is 68.4 Å². The Hall–Kier alpha value is -10.6. The number of aromatic amines is 1. The molecular formula is C89H121BrN16O24S5. The van der Waals surface area contributed by atoms with Gasteiger partial charge in [0.15, 0.2) is 15.4 Å². The first kappa shape index (κ1) is 106. The number of nitrogens with zero attached hydrogens (tertiary/aromatic N) is 7. The van der Waals surface area contributed by atoms with Gasteiger partial charge in [0.25, 0.3) is 16.0 Å². The lowest BCUT2D eigenvalue weighted by Crippen LogP contribution is -2.60.